The third-order valence-electron chi connectivity index (χ3n) is 5.24. The molecule has 0 saturated heterocycles. The van der Waals surface area contributed by atoms with Crippen LogP contribution in [0.1, 0.15) is 15.2 Å². The molecule has 5 nitrogen and oxygen atoms in total. The van der Waals surface area contributed by atoms with Crippen molar-refractivity contribution in [1.29, 1.82) is 0 Å². The van der Waals surface area contributed by atoms with E-state index in [1.54, 1.807) is 19.4 Å². The summed E-state index contributed by atoms with van der Waals surface area (Å²) in [6.45, 7) is 0. The lowest BCUT2D eigenvalue weighted by atomic mass is 10.0. The summed E-state index contributed by atoms with van der Waals surface area (Å²) in [4.78, 5) is 17.8. The summed E-state index contributed by atoms with van der Waals surface area (Å²) in [5.74, 6) is 0.563. The predicted molar refractivity (Wildman–Crippen MR) is 131 cm³/mol. The van der Waals surface area contributed by atoms with Gasteiger partial charge in [0.15, 0.2) is 0 Å². The number of rotatable bonds is 5. The number of nitrogens with zero attached hydrogens (tertiary/aromatic N) is 2. The van der Waals surface area contributed by atoms with Gasteiger partial charge in [-0.1, -0.05) is 42.5 Å². The number of carbonyl (C=O) groups excluding carboxylic acids is 1. The molecule has 32 heavy (non-hydrogen) atoms. The largest absolute Gasteiger partial charge is 0.497 e. The van der Waals surface area contributed by atoms with E-state index in [4.69, 9.17) is 9.72 Å². The minimum absolute atomic E-state index is 0.226. The molecule has 0 atom stereocenters. The average Bonchev–Trinajstić information content (AvgIpc) is 3.39. The predicted octanol–water partition coefficient (Wildman–Crippen LogP) is 5.89. The van der Waals surface area contributed by atoms with Gasteiger partial charge in [0, 0.05) is 21.9 Å². The van der Waals surface area contributed by atoms with E-state index in [2.05, 4.69) is 28.7 Å². The number of aromatic nitrogens is 1. The summed E-state index contributed by atoms with van der Waals surface area (Å²) in [6, 6.07) is 25.7. The number of pyridine rings is 1. The number of carbonyl (C=O) groups is 1. The molecule has 5 rings (SSSR count). The molecule has 0 spiro atoms. The molecular formula is C26H19N3O2S. The van der Waals surface area contributed by atoms with Crippen molar-refractivity contribution in [2.45, 2.75) is 0 Å². The smallest absolute Gasteiger partial charge is 0.281 e. The summed E-state index contributed by atoms with van der Waals surface area (Å²) in [7, 11) is 1.65. The van der Waals surface area contributed by atoms with Crippen molar-refractivity contribution in [3.05, 3.63) is 94.7 Å². The van der Waals surface area contributed by atoms with E-state index in [-0.39, 0.29) is 5.91 Å². The van der Waals surface area contributed by atoms with Gasteiger partial charge < -0.3 is 4.74 Å². The standard InChI is InChI=1S/C26H19N3O2S/c1-31-20-11-8-18(9-12-20)23-15-19(16-27-29-26(30)24-7-4-14-32-24)22-13-10-17-5-2-3-6-21(17)25(22)28-23/h2-16H,1H3,(H,29,30). The second-order valence-electron chi connectivity index (χ2n) is 7.18. The molecule has 2 aromatic heterocycles. The fourth-order valence-corrected chi connectivity index (χ4v) is 4.24. The van der Waals surface area contributed by atoms with Gasteiger partial charge >= 0.3 is 0 Å². The number of thiophene rings is 1. The van der Waals surface area contributed by atoms with Crippen LogP contribution in [0, 0.1) is 0 Å². The van der Waals surface area contributed by atoms with Gasteiger partial charge in [-0.15, -0.1) is 11.3 Å². The molecule has 0 saturated carbocycles. The number of benzene rings is 3. The highest BCUT2D eigenvalue weighted by molar-refractivity contribution is 7.12. The van der Waals surface area contributed by atoms with Gasteiger partial charge in [0.25, 0.3) is 5.91 Å². The first kappa shape index (κ1) is 19.9. The Morgan fingerprint density at radius 1 is 1.00 bits per heavy atom. The highest BCUT2D eigenvalue weighted by Crippen LogP contribution is 2.30. The van der Waals surface area contributed by atoms with Crippen LogP contribution in [-0.4, -0.2) is 24.2 Å². The van der Waals surface area contributed by atoms with Crippen LogP contribution < -0.4 is 10.2 Å². The molecule has 1 N–H and O–H groups in total. The molecule has 0 aliphatic rings. The van der Waals surface area contributed by atoms with Crippen molar-refractivity contribution >= 4 is 45.1 Å². The van der Waals surface area contributed by atoms with E-state index in [0.717, 1.165) is 44.2 Å². The Hall–Kier alpha value is -4.03. The molecule has 0 bridgehead atoms. The fraction of sp³-hybridized carbons (Fsp3) is 0.0385. The molecular weight excluding hydrogens is 418 g/mol. The monoisotopic (exact) mass is 437 g/mol. The van der Waals surface area contributed by atoms with Gasteiger partial charge in [0.2, 0.25) is 0 Å². The van der Waals surface area contributed by atoms with Crippen molar-refractivity contribution in [2.24, 2.45) is 5.10 Å². The van der Waals surface area contributed by atoms with Crippen LogP contribution in [0.15, 0.2) is 89.3 Å². The first-order valence-electron chi connectivity index (χ1n) is 10.1. The second kappa shape index (κ2) is 8.61. The van der Waals surface area contributed by atoms with Crippen molar-refractivity contribution < 1.29 is 9.53 Å². The molecule has 2 heterocycles. The Morgan fingerprint density at radius 2 is 1.84 bits per heavy atom. The molecule has 0 aliphatic carbocycles. The Kier molecular flexibility index (Phi) is 5.35. The number of ether oxygens (including phenoxy) is 1. The first-order chi connectivity index (χ1) is 15.7. The van der Waals surface area contributed by atoms with E-state index in [9.17, 15) is 4.79 Å². The Balaban J connectivity index is 1.61. The highest BCUT2D eigenvalue weighted by Gasteiger charge is 2.10. The van der Waals surface area contributed by atoms with Gasteiger partial charge in [-0.3, -0.25) is 4.79 Å². The Bertz CT molecular complexity index is 1440. The summed E-state index contributed by atoms with van der Waals surface area (Å²) in [6.07, 6.45) is 1.68. The zero-order valence-electron chi connectivity index (χ0n) is 17.3. The molecule has 0 fully saturated rings. The van der Waals surface area contributed by atoms with E-state index < -0.39 is 0 Å². The van der Waals surface area contributed by atoms with Gasteiger partial charge in [-0.2, -0.15) is 5.10 Å². The van der Waals surface area contributed by atoms with Gasteiger partial charge in [-0.25, -0.2) is 10.4 Å². The summed E-state index contributed by atoms with van der Waals surface area (Å²) in [5, 5.41) is 9.24. The quantitative estimate of drug-likeness (QED) is 0.212. The SMILES string of the molecule is COc1ccc(-c2cc(C=NNC(=O)c3cccs3)c3ccc4ccccc4c3n2)cc1. The normalized spacial score (nSPS) is 11.3. The number of nitrogens with one attached hydrogen (secondary N) is 1. The van der Waals surface area contributed by atoms with Crippen LogP contribution in [0.4, 0.5) is 0 Å². The number of hydrogen-bond donors (Lipinski definition) is 1. The topological polar surface area (TPSA) is 63.6 Å². The molecule has 1 amide bonds. The number of hydrogen-bond acceptors (Lipinski definition) is 5. The van der Waals surface area contributed by atoms with Crippen LogP contribution in [0.2, 0.25) is 0 Å². The third kappa shape index (κ3) is 3.84. The maximum absolute atomic E-state index is 12.2. The molecule has 3 aromatic carbocycles. The molecule has 156 valence electrons. The molecule has 0 unspecified atom stereocenters. The Morgan fingerprint density at radius 3 is 2.62 bits per heavy atom. The molecule has 0 aliphatic heterocycles. The van der Waals surface area contributed by atoms with Crippen molar-refractivity contribution in [2.75, 3.05) is 7.11 Å². The lowest BCUT2D eigenvalue weighted by Gasteiger charge is -2.10. The minimum atomic E-state index is -0.226. The van der Waals surface area contributed by atoms with Crippen LogP contribution in [-0.2, 0) is 0 Å². The van der Waals surface area contributed by atoms with E-state index in [1.807, 2.05) is 60.0 Å². The van der Waals surface area contributed by atoms with Crippen molar-refractivity contribution in [1.82, 2.24) is 10.4 Å². The fourth-order valence-electron chi connectivity index (χ4n) is 3.63. The lowest BCUT2D eigenvalue weighted by Crippen LogP contribution is -2.16. The van der Waals surface area contributed by atoms with E-state index in [0.29, 0.717) is 4.88 Å². The summed E-state index contributed by atoms with van der Waals surface area (Å²) < 4.78 is 5.28. The van der Waals surface area contributed by atoms with Crippen LogP contribution in [0.5, 0.6) is 5.75 Å². The Labute approximate surface area is 189 Å². The summed E-state index contributed by atoms with van der Waals surface area (Å²) >= 11 is 1.38. The molecule has 0 radical (unpaired) electrons. The number of hydrazone groups is 1. The van der Waals surface area contributed by atoms with Crippen LogP contribution >= 0.6 is 11.3 Å². The van der Waals surface area contributed by atoms with E-state index >= 15 is 0 Å². The van der Waals surface area contributed by atoms with E-state index in [1.165, 1.54) is 11.3 Å². The minimum Gasteiger partial charge on any atom is -0.497 e. The third-order valence-corrected chi connectivity index (χ3v) is 6.11. The zero-order valence-corrected chi connectivity index (χ0v) is 18.1. The van der Waals surface area contributed by atoms with Gasteiger partial charge in [0.1, 0.15) is 5.75 Å². The molecule has 6 heteroatoms. The number of fused-ring (bicyclic) bond motifs is 3. The van der Waals surface area contributed by atoms with Crippen molar-refractivity contribution in [3.8, 4) is 17.0 Å². The van der Waals surface area contributed by atoms with Crippen molar-refractivity contribution in [3.63, 3.8) is 0 Å². The second-order valence-corrected chi connectivity index (χ2v) is 8.13. The summed E-state index contributed by atoms with van der Waals surface area (Å²) in [5.41, 5.74) is 6.17. The van der Waals surface area contributed by atoms with Gasteiger partial charge in [0.05, 0.1) is 29.4 Å². The van der Waals surface area contributed by atoms with Crippen LogP contribution in [0.25, 0.3) is 32.9 Å². The zero-order chi connectivity index (χ0) is 21.9. The highest BCUT2D eigenvalue weighted by atomic mass is 32.1. The van der Waals surface area contributed by atoms with Crippen LogP contribution in [0.3, 0.4) is 0 Å². The average molecular weight is 438 g/mol. The molecule has 5 aromatic rings. The van der Waals surface area contributed by atoms with Gasteiger partial charge in [-0.05, 0) is 47.2 Å². The maximum atomic E-state index is 12.2. The number of amides is 1. The maximum Gasteiger partial charge on any atom is 0.281 e. The first-order valence-corrected chi connectivity index (χ1v) is 10.9. The lowest BCUT2D eigenvalue weighted by molar-refractivity contribution is 0.0959. The number of methoxy groups -OCH3 is 1.